The van der Waals surface area contributed by atoms with Gasteiger partial charge in [-0.15, -0.1) is 0 Å². The summed E-state index contributed by atoms with van der Waals surface area (Å²) in [5.74, 6) is -2.38. The van der Waals surface area contributed by atoms with Gasteiger partial charge in [0.1, 0.15) is 0 Å². The zero-order valence-corrected chi connectivity index (χ0v) is 14.6. The first-order valence-corrected chi connectivity index (χ1v) is 8.23. The van der Waals surface area contributed by atoms with Crippen LogP contribution in [0.4, 0.5) is 0 Å². The van der Waals surface area contributed by atoms with Gasteiger partial charge in [-0.2, -0.15) is 0 Å². The minimum Gasteiger partial charge on any atom is -0.478 e. The molecule has 0 aliphatic carbocycles. The second kappa shape index (κ2) is 11.7. The van der Waals surface area contributed by atoms with Gasteiger partial charge in [0.25, 0.3) is 0 Å². The van der Waals surface area contributed by atoms with E-state index in [-0.39, 0.29) is 11.1 Å². The van der Waals surface area contributed by atoms with E-state index in [0.717, 1.165) is 12.8 Å². The molecule has 0 aliphatic heterocycles. The van der Waals surface area contributed by atoms with Crippen molar-refractivity contribution in [3.63, 3.8) is 0 Å². The fourth-order valence-corrected chi connectivity index (χ4v) is 2.28. The number of benzene rings is 1. The van der Waals surface area contributed by atoms with E-state index in [4.69, 9.17) is 10.2 Å². The molecule has 0 saturated carbocycles. The Labute approximate surface area is 138 Å². The van der Waals surface area contributed by atoms with Crippen LogP contribution in [0.3, 0.4) is 0 Å². The van der Waals surface area contributed by atoms with E-state index in [2.05, 4.69) is 25.7 Å². The summed E-state index contributed by atoms with van der Waals surface area (Å²) in [5.41, 5.74) is 0.374. The molecule has 1 rings (SSSR count). The number of aromatic carboxylic acids is 2. The van der Waals surface area contributed by atoms with Crippen LogP contribution in [0, 0.1) is 0 Å². The molecule has 0 radical (unpaired) electrons. The van der Waals surface area contributed by atoms with Crippen LogP contribution in [-0.4, -0.2) is 46.7 Å². The van der Waals surface area contributed by atoms with Gasteiger partial charge >= 0.3 is 11.9 Å². The summed E-state index contributed by atoms with van der Waals surface area (Å²) in [6.07, 6.45) is 2.39. The third-order valence-corrected chi connectivity index (χ3v) is 3.74. The Kier molecular flexibility index (Phi) is 10.7. The molecule has 0 amide bonds. The summed E-state index contributed by atoms with van der Waals surface area (Å²) in [5, 5.41) is 17.9. The summed E-state index contributed by atoms with van der Waals surface area (Å²) >= 11 is 0. The maximum atomic E-state index is 11.0. The summed E-state index contributed by atoms with van der Waals surface area (Å²) in [4.78, 5) is 24.3. The molecule has 0 fully saturated rings. The molecule has 0 saturated heterocycles. The van der Waals surface area contributed by atoms with Crippen LogP contribution in [0.15, 0.2) is 18.2 Å². The highest BCUT2D eigenvalue weighted by molar-refractivity contribution is 6.02. The van der Waals surface area contributed by atoms with E-state index in [1.54, 1.807) is 12.1 Å². The second-order valence-corrected chi connectivity index (χ2v) is 5.17. The lowest BCUT2D eigenvalue weighted by atomic mass is 9.97. The number of unbranched alkanes of at least 4 members (excludes halogenated alkanes) is 1. The fourth-order valence-electron chi connectivity index (χ4n) is 2.28. The maximum absolute atomic E-state index is 11.0. The van der Waals surface area contributed by atoms with E-state index in [1.165, 1.54) is 25.7 Å². The summed E-state index contributed by atoms with van der Waals surface area (Å²) in [7, 11) is 0. The molecule has 2 N–H and O–H groups in total. The summed E-state index contributed by atoms with van der Waals surface area (Å²) < 4.78 is 0. The lowest BCUT2D eigenvalue weighted by Gasteiger charge is -2.13. The van der Waals surface area contributed by atoms with Gasteiger partial charge < -0.3 is 15.1 Å². The van der Waals surface area contributed by atoms with Gasteiger partial charge in [-0.3, -0.25) is 0 Å². The van der Waals surface area contributed by atoms with Crippen LogP contribution in [-0.2, 0) is 6.42 Å². The molecule has 0 heterocycles. The average molecular weight is 323 g/mol. The Morgan fingerprint density at radius 3 is 1.87 bits per heavy atom. The van der Waals surface area contributed by atoms with Crippen LogP contribution in [0.25, 0.3) is 0 Å². The number of aryl methyl sites for hydroxylation is 1. The first kappa shape index (κ1) is 21.1. The third kappa shape index (κ3) is 7.28. The predicted octanol–water partition coefficient (Wildman–Crippen LogP) is 3.77. The van der Waals surface area contributed by atoms with Crippen molar-refractivity contribution >= 4 is 11.9 Å². The Hall–Kier alpha value is -1.88. The molecule has 0 spiro atoms. The standard InChI is InChI=1S/C12H14O4.C6H15N/c1-2-3-5-8-6-4-7-9(11(13)14)10(8)12(15)16;1-4-7(5-2)6-3/h4,6-7H,2-3,5H2,1H3,(H,13,14)(H,15,16);4-6H2,1-3H3. The Morgan fingerprint density at radius 2 is 1.52 bits per heavy atom. The number of carbonyl (C=O) groups is 2. The van der Waals surface area contributed by atoms with Crippen molar-refractivity contribution in [1.82, 2.24) is 4.90 Å². The lowest BCUT2D eigenvalue weighted by Crippen LogP contribution is -2.21. The van der Waals surface area contributed by atoms with Crippen LogP contribution in [0.2, 0.25) is 0 Å². The maximum Gasteiger partial charge on any atom is 0.336 e. The lowest BCUT2D eigenvalue weighted by molar-refractivity contribution is 0.0650. The molecule has 0 bridgehead atoms. The average Bonchev–Trinajstić information content (AvgIpc) is 2.54. The molecule has 0 atom stereocenters. The number of carboxylic acid groups (broad SMARTS) is 2. The number of carboxylic acids is 2. The van der Waals surface area contributed by atoms with Gasteiger partial charge in [0, 0.05) is 0 Å². The predicted molar refractivity (Wildman–Crippen MR) is 92.4 cm³/mol. The van der Waals surface area contributed by atoms with Crippen LogP contribution >= 0.6 is 0 Å². The number of hydrogen-bond donors (Lipinski definition) is 2. The van der Waals surface area contributed by atoms with Crippen molar-refractivity contribution in [3.05, 3.63) is 34.9 Å². The molecule has 5 nitrogen and oxygen atoms in total. The highest BCUT2D eigenvalue weighted by Crippen LogP contribution is 2.17. The van der Waals surface area contributed by atoms with Crippen LogP contribution < -0.4 is 0 Å². The number of rotatable bonds is 8. The molecule has 1 aromatic rings. The van der Waals surface area contributed by atoms with E-state index in [0.29, 0.717) is 12.0 Å². The quantitative estimate of drug-likeness (QED) is 0.761. The minimum atomic E-state index is -1.20. The highest BCUT2D eigenvalue weighted by atomic mass is 16.4. The van der Waals surface area contributed by atoms with E-state index in [1.807, 2.05) is 6.92 Å². The smallest absolute Gasteiger partial charge is 0.336 e. The second-order valence-electron chi connectivity index (χ2n) is 5.17. The van der Waals surface area contributed by atoms with E-state index < -0.39 is 11.9 Å². The minimum absolute atomic E-state index is 0.0801. The Morgan fingerprint density at radius 1 is 0.957 bits per heavy atom. The molecule has 0 aromatic heterocycles. The van der Waals surface area contributed by atoms with Gasteiger partial charge in [0.2, 0.25) is 0 Å². The monoisotopic (exact) mass is 323 g/mol. The van der Waals surface area contributed by atoms with E-state index in [9.17, 15) is 9.59 Å². The number of nitrogens with zero attached hydrogens (tertiary/aromatic N) is 1. The SMILES string of the molecule is CCCCc1cccc(C(=O)O)c1C(=O)O.CCN(CC)CC. The number of hydrogen-bond acceptors (Lipinski definition) is 3. The largest absolute Gasteiger partial charge is 0.478 e. The molecule has 0 unspecified atom stereocenters. The van der Waals surface area contributed by atoms with Crippen molar-refractivity contribution in [3.8, 4) is 0 Å². The normalized spacial score (nSPS) is 10.1. The van der Waals surface area contributed by atoms with Crippen molar-refractivity contribution in [2.24, 2.45) is 0 Å². The highest BCUT2D eigenvalue weighted by Gasteiger charge is 2.19. The van der Waals surface area contributed by atoms with Crippen molar-refractivity contribution in [2.75, 3.05) is 19.6 Å². The first-order chi connectivity index (χ1) is 10.9. The van der Waals surface area contributed by atoms with Gasteiger partial charge in [-0.1, -0.05) is 46.2 Å². The zero-order valence-electron chi connectivity index (χ0n) is 14.6. The fraction of sp³-hybridized carbons (Fsp3) is 0.556. The van der Waals surface area contributed by atoms with E-state index >= 15 is 0 Å². The van der Waals surface area contributed by atoms with Crippen molar-refractivity contribution in [2.45, 2.75) is 47.0 Å². The summed E-state index contributed by atoms with van der Waals surface area (Å²) in [6.45, 7) is 12.1. The van der Waals surface area contributed by atoms with Crippen LogP contribution in [0.5, 0.6) is 0 Å². The van der Waals surface area contributed by atoms with Gasteiger partial charge in [-0.05, 0) is 44.1 Å². The molecular formula is C18H29NO4. The topological polar surface area (TPSA) is 77.8 Å². The third-order valence-electron chi connectivity index (χ3n) is 3.74. The molecule has 23 heavy (non-hydrogen) atoms. The van der Waals surface area contributed by atoms with Crippen molar-refractivity contribution < 1.29 is 19.8 Å². The van der Waals surface area contributed by atoms with Gasteiger partial charge in [-0.25, -0.2) is 9.59 Å². The molecule has 130 valence electrons. The van der Waals surface area contributed by atoms with Gasteiger partial charge in [0.05, 0.1) is 11.1 Å². The van der Waals surface area contributed by atoms with Crippen LogP contribution in [0.1, 0.15) is 66.8 Å². The molecule has 5 heteroatoms. The van der Waals surface area contributed by atoms with Gasteiger partial charge in [0.15, 0.2) is 0 Å². The first-order valence-electron chi connectivity index (χ1n) is 8.23. The summed E-state index contributed by atoms with van der Waals surface area (Å²) in [6, 6.07) is 4.58. The van der Waals surface area contributed by atoms with Crippen molar-refractivity contribution in [1.29, 1.82) is 0 Å². The molecule has 0 aliphatic rings. The molecule has 1 aromatic carbocycles. The Balaban J connectivity index is 0.000000585. The Bertz CT molecular complexity index is 490. The molecular weight excluding hydrogens is 294 g/mol. The zero-order chi connectivity index (χ0) is 17.8.